The molecule has 1 N–H and O–H groups in total. The molecule has 0 radical (unpaired) electrons. The zero-order valence-corrected chi connectivity index (χ0v) is 16.2. The van der Waals surface area contributed by atoms with E-state index in [0.717, 1.165) is 12.8 Å². The number of thioether (sulfide) groups is 1. The van der Waals surface area contributed by atoms with E-state index in [1.165, 1.54) is 22.3 Å². The number of pyridine rings is 1. The first kappa shape index (κ1) is 19.2. The van der Waals surface area contributed by atoms with Crippen molar-refractivity contribution in [1.82, 2.24) is 14.6 Å². The molecule has 2 heterocycles. The highest BCUT2D eigenvalue weighted by atomic mass is 32.2. The molecule has 0 aliphatic carbocycles. The van der Waals surface area contributed by atoms with Crippen LogP contribution in [-0.2, 0) is 14.8 Å². The van der Waals surface area contributed by atoms with Crippen molar-refractivity contribution in [2.45, 2.75) is 61.2 Å². The molecule has 0 spiro atoms. The lowest BCUT2D eigenvalue weighted by Crippen LogP contribution is -2.44. The molecule has 0 aromatic carbocycles. The van der Waals surface area contributed by atoms with Crippen molar-refractivity contribution in [2.75, 3.05) is 13.1 Å². The van der Waals surface area contributed by atoms with Crippen molar-refractivity contribution in [3.8, 4) is 0 Å². The lowest BCUT2D eigenvalue weighted by atomic mass is 10.1. The third kappa shape index (κ3) is 4.94. The minimum Gasteiger partial charge on any atom is -0.351 e. The van der Waals surface area contributed by atoms with Gasteiger partial charge in [-0.15, -0.1) is 0 Å². The first-order valence-electron chi connectivity index (χ1n) is 8.04. The third-order valence-corrected chi connectivity index (χ3v) is 6.51. The summed E-state index contributed by atoms with van der Waals surface area (Å²) in [5, 5.41) is 3.25. The Bertz CT molecular complexity index is 676. The smallest absolute Gasteiger partial charge is 0.244 e. The number of rotatable bonds is 5. The van der Waals surface area contributed by atoms with Crippen molar-refractivity contribution in [2.24, 2.45) is 0 Å². The first-order chi connectivity index (χ1) is 11.1. The van der Waals surface area contributed by atoms with Gasteiger partial charge in [-0.05, 0) is 52.7 Å². The summed E-state index contributed by atoms with van der Waals surface area (Å²) in [6, 6.07) is 3.23. The standard InChI is InChI=1S/C16H25N3O3S2/c1-12(15(20)18-16(2,3)4)23-14-8-7-13(11-17-14)24(21,22)19-9-5-6-10-19/h7-8,11-12H,5-6,9-10H2,1-4H3,(H,18,20)/t12-/m1/s1. The van der Waals surface area contributed by atoms with Crippen molar-refractivity contribution in [3.05, 3.63) is 18.3 Å². The van der Waals surface area contributed by atoms with Crippen molar-refractivity contribution in [1.29, 1.82) is 0 Å². The Morgan fingerprint density at radius 1 is 1.29 bits per heavy atom. The third-order valence-electron chi connectivity index (χ3n) is 3.58. The molecule has 1 saturated heterocycles. The summed E-state index contributed by atoms with van der Waals surface area (Å²) in [6.45, 7) is 8.74. The Balaban J connectivity index is 2.03. The summed E-state index contributed by atoms with van der Waals surface area (Å²) in [4.78, 5) is 16.5. The molecule has 1 aliphatic heterocycles. The number of hydrogen-bond donors (Lipinski definition) is 1. The monoisotopic (exact) mass is 371 g/mol. The van der Waals surface area contributed by atoms with Crippen LogP contribution in [0.2, 0.25) is 0 Å². The van der Waals surface area contributed by atoms with E-state index in [0.29, 0.717) is 18.1 Å². The van der Waals surface area contributed by atoms with E-state index in [1.807, 2.05) is 27.7 Å². The summed E-state index contributed by atoms with van der Waals surface area (Å²) < 4.78 is 26.4. The Labute approximate surface area is 148 Å². The second-order valence-electron chi connectivity index (χ2n) is 6.94. The largest absolute Gasteiger partial charge is 0.351 e. The van der Waals surface area contributed by atoms with Crippen LogP contribution in [-0.4, -0.2) is 47.5 Å². The molecule has 1 atom stereocenters. The number of nitrogens with one attached hydrogen (secondary N) is 1. The predicted octanol–water partition coefficient (Wildman–Crippen LogP) is 2.26. The molecule has 24 heavy (non-hydrogen) atoms. The summed E-state index contributed by atoms with van der Waals surface area (Å²) in [5.74, 6) is -0.0666. The van der Waals surface area contributed by atoms with Gasteiger partial charge >= 0.3 is 0 Å². The van der Waals surface area contributed by atoms with E-state index in [4.69, 9.17) is 0 Å². The van der Waals surface area contributed by atoms with Gasteiger partial charge in [0.1, 0.15) is 4.90 Å². The van der Waals surface area contributed by atoms with E-state index in [2.05, 4.69) is 10.3 Å². The number of carbonyl (C=O) groups is 1. The Kier molecular flexibility index (Phi) is 5.93. The molecular formula is C16H25N3O3S2. The molecule has 0 bridgehead atoms. The molecule has 1 aliphatic rings. The molecule has 0 saturated carbocycles. The van der Waals surface area contributed by atoms with Crippen molar-refractivity contribution < 1.29 is 13.2 Å². The van der Waals surface area contributed by atoms with E-state index in [9.17, 15) is 13.2 Å². The van der Waals surface area contributed by atoms with Gasteiger partial charge < -0.3 is 5.32 Å². The van der Waals surface area contributed by atoms with Gasteiger partial charge in [-0.25, -0.2) is 13.4 Å². The zero-order chi connectivity index (χ0) is 18.0. The molecule has 6 nitrogen and oxygen atoms in total. The van der Waals surface area contributed by atoms with Gasteiger partial charge in [0.2, 0.25) is 15.9 Å². The van der Waals surface area contributed by atoms with Crippen LogP contribution in [0, 0.1) is 0 Å². The molecule has 8 heteroatoms. The maximum atomic E-state index is 12.4. The van der Waals surface area contributed by atoms with Crippen LogP contribution in [0.3, 0.4) is 0 Å². The highest BCUT2D eigenvalue weighted by Crippen LogP contribution is 2.25. The minimum atomic E-state index is -3.44. The number of aromatic nitrogens is 1. The van der Waals surface area contributed by atoms with E-state index in [1.54, 1.807) is 12.1 Å². The highest BCUT2D eigenvalue weighted by molar-refractivity contribution is 8.00. The number of carbonyl (C=O) groups excluding carboxylic acids is 1. The number of amides is 1. The lowest BCUT2D eigenvalue weighted by molar-refractivity contribution is -0.121. The van der Waals surface area contributed by atoms with Gasteiger partial charge in [-0.1, -0.05) is 11.8 Å². The maximum absolute atomic E-state index is 12.4. The van der Waals surface area contributed by atoms with Crippen molar-refractivity contribution in [3.63, 3.8) is 0 Å². The minimum absolute atomic E-state index is 0.0666. The number of nitrogens with zero attached hydrogens (tertiary/aromatic N) is 2. The second-order valence-corrected chi connectivity index (χ2v) is 10.2. The quantitative estimate of drug-likeness (QED) is 0.803. The van der Waals surface area contributed by atoms with E-state index in [-0.39, 0.29) is 21.6 Å². The Hall–Kier alpha value is -1.12. The maximum Gasteiger partial charge on any atom is 0.244 e. The molecule has 0 unspecified atom stereocenters. The topological polar surface area (TPSA) is 79.4 Å². The molecule has 1 amide bonds. The van der Waals surface area contributed by atoms with Gasteiger partial charge in [0.05, 0.1) is 10.3 Å². The molecule has 1 fully saturated rings. The van der Waals surface area contributed by atoms with Gasteiger partial charge in [0, 0.05) is 24.8 Å². The first-order valence-corrected chi connectivity index (χ1v) is 10.4. The van der Waals surface area contributed by atoms with Gasteiger partial charge in [-0.3, -0.25) is 4.79 Å². The Morgan fingerprint density at radius 3 is 2.42 bits per heavy atom. The lowest BCUT2D eigenvalue weighted by Gasteiger charge is -2.22. The molecule has 1 aromatic rings. The van der Waals surface area contributed by atoms with Crippen LogP contribution in [0.1, 0.15) is 40.5 Å². The Morgan fingerprint density at radius 2 is 1.92 bits per heavy atom. The van der Waals surface area contributed by atoms with Crippen LogP contribution in [0.4, 0.5) is 0 Å². The fourth-order valence-electron chi connectivity index (χ4n) is 2.37. The normalized spacial score (nSPS) is 17.7. The van der Waals surface area contributed by atoms with Gasteiger partial charge in [-0.2, -0.15) is 4.31 Å². The average Bonchev–Trinajstić information content (AvgIpc) is 3.01. The zero-order valence-electron chi connectivity index (χ0n) is 14.6. The summed E-state index contributed by atoms with van der Waals surface area (Å²) in [6.07, 6.45) is 3.19. The van der Waals surface area contributed by atoms with Gasteiger partial charge in [0.15, 0.2) is 0 Å². The summed E-state index contributed by atoms with van der Waals surface area (Å²) in [7, 11) is -3.44. The second kappa shape index (κ2) is 7.41. The van der Waals surface area contributed by atoms with Crippen LogP contribution < -0.4 is 5.32 Å². The predicted molar refractivity (Wildman–Crippen MR) is 95.4 cm³/mol. The van der Waals surface area contributed by atoms with E-state index >= 15 is 0 Å². The average molecular weight is 372 g/mol. The van der Waals surface area contributed by atoms with Crippen LogP contribution in [0.25, 0.3) is 0 Å². The highest BCUT2D eigenvalue weighted by Gasteiger charge is 2.27. The molecule has 2 rings (SSSR count). The summed E-state index contributed by atoms with van der Waals surface area (Å²) >= 11 is 1.31. The summed E-state index contributed by atoms with van der Waals surface area (Å²) in [5.41, 5.74) is -0.285. The van der Waals surface area contributed by atoms with Crippen LogP contribution in [0.15, 0.2) is 28.3 Å². The van der Waals surface area contributed by atoms with E-state index < -0.39 is 10.0 Å². The number of hydrogen-bond acceptors (Lipinski definition) is 5. The SMILES string of the molecule is C[C@@H](Sc1ccc(S(=O)(=O)N2CCCC2)cn1)C(=O)NC(C)(C)C. The van der Waals surface area contributed by atoms with Gasteiger partial charge in [0.25, 0.3) is 0 Å². The number of sulfonamides is 1. The fraction of sp³-hybridized carbons (Fsp3) is 0.625. The van der Waals surface area contributed by atoms with Crippen molar-refractivity contribution >= 4 is 27.7 Å². The molecule has 134 valence electrons. The van der Waals surface area contributed by atoms with Crippen LogP contribution >= 0.6 is 11.8 Å². The fourth-order valence-corrected chi connectivity index (χ4v) is 4.62. The molecular weight excluding hydrogens is 346 g/mol. The van der Waals surface area contributed by atoms with Crippen LogP contribution in [0.5, 0.6) is 0 Å². The molecule has 1 aromatic heterocycles.